The Hall–Kier alpha value is -2.54. The largest absolute Gasteiger partial charge is 0.494 e. The second-order valence-electron chi connectivity index (χ2n) is 6.51. The summed E-state index contributed by atoms with van der Waals surface area (Å²) in [6.07, 6.45) is 1.72. The van der Waals surface area contributed by atoms with Crippen molar-refractivity contribution in [3.63, 3.8) is 0 Å². The highest BCUT2D eigenvalue weighted by Crippen LogP contribution is 2.27. The summed E-state index contributed by atoms with van der Waals surface area (Å²) in [5.74, 6) is 4.24. The fraction of sp³-hybridized carbons (Fsp3) is 0.435. The van der Waals surface area contributed by atoms with Crippen LogP contribution in [0.3, 0.4) is 0 Å². The molecule has 2 aromatic carbocycles. The highest BCUT2D eigenvalue weighted by Gasteiger charge is 2.06. The van der Waals surface area contributed by atoms with E-state index in [-0.39, 0.29) is 5.91 Å². The van der Waals surface area contributed by atoms with Crippen LogP contribution < -0.4 is 24.3 Å². The van der Waals surface area contributed by atoms with Crippen molar-refractivity contribution in [2.45, 2.75) is 19.8 Å². The van der Waals surface area contributed by atoms with Gasteiger partial charge in [-0.15, -0.1) is 11.8 Å². The van der Waals surface area contributed by atoms with Crippen molar-refractivity contribution in [2.75, 3.05) is 45.5 Å². The molecule has 6 nitrogen and oxygen atoms in total. The van der Waals surface area contributed by atoms with E-state index in [9.17, 15) is 4.79 Å². The molecule has 0 aliphatic heterocycles. The molecule has 0 unspecified atom stereocenters. The Morgan fingerprint density at radius 3 is 2.23 bits per heavy atom. The Kier molecular flexibility index (Phi) is 10.8. The number of thioether (sulfide) groups is 1. The maximum absolute atomic E-state index is 12.0. The smallest absolute Gasteiger partial charge is 0.230 e. The maximum atomic E-state index is 12.0. The highest BCUT2D eigenvalue weighted by molar-refractivity contribution is 7.99. The minimum atomic E-state index is 0.0258. The zero-order chi connectivity index (χ0) is 21.6. The summed E-state index contributed by atoms with van der Waals surface area (Å²) in [4.78, 5) is 12.0. The monoisotopic (exact) mass is 433 g/mol. The van der Waals surface area contributed by atoms with Gasteiger partial charge in [0.15, 0.2) is 11.5 Å². The number of ether oxygens (including phenoxy) is 4. The molecule has 0 heterocycles. The second kappa shape index (κ2) is 13.6. The van der Waals surface area contributed by atoms with E-state index in [1.165, 1.54) is 0 Å². The molecule has 7 heteroatoms. The van der Waals surface area contributed by atoms with Gasteiger partial charge < -0.3 is 24.3 Å². The molecule has 0 aromatic heterocycles. The number of benzene rings is 2. The van der Waals surface area contributed by atoms with Gasteiger partial charge in [0.2, 0.25) is 5.91 Å². The molecule has 0 radical (unpaired) electrons. The van der Waals surface area contributed by atoms with Crippen molar-refractivity contribution in [1.29, 1.82) is 0 Å². The Morgan fingerprint density at radius 2 is 1.60 bits per heavy atom. The summed E-state index contributed by atoms with van der Waals surface area (Å²) in [5.41, 5.74) is 1.08. The summed E-state index contributed by atoms with van der Waals surface area (Å²) < 4.78 is 21.8. The molecule has 2 aromatic rings. The number of methoxy groups -OCH3 is 2. The van der Waals surface area contributed by atoms with Gasteiger partial charge in [-0.3, -0.25) is 4.79 Å². The standard InChI is InChI=1S/C23H31NO5S/c1-4-13-28-19-6-8-20(9-7-19)29-14-15-30-17-23(25)24-12-11-18-5-10-21(26-2)22(16-18)27-3/h5-10,16H,4,11-15,17H2,1-3H3,(H,24,25). The van der Waals surface area contributed by atoms with E-state index < -0.39 is 0 Å². The molecule has 0 saturated carbocycles. The number of amides is 1. The van der Waals surface area contributed by atoms with Crippen molar-refractivity contribution >= 4 is 17.7 Å². The quantitative estimate of drug-likeness (QED) is 0.455. The van der Waals surface area contributed by atoms with E-state index in [1.54, 1.807) is 26.0 Å². The molecule has 0 fully saturated rings. The van der Waals surface area contributed by atoms with Gasteiger partial charge in [-0.05, 0) is 54.8 Å². The molecule has 0 atom stereocenters. The minimum absolute atomic E-state index is 0.0258. The number of carbonyl (C=O) groups is 1. The van der Waals surface area contributed by atoms with E-state index in [1.807, 2.05) is 42.5 Å². The van der Waals surface area contributed by atoms with Crippen LogP contribution in [0.5, 0.6) is 23.0 Å². The van der Waals surface area contributed by atoms with E-state index in [0.29, 0.717) is 37.0 Å². The van der Waals surface area contributed by atoms with E-state index >= 15 is 0 Å². The van der Waals surface area contributed by atoms with E-state index in [0.717, 1.165) is 35.7 Å². The first-order valence-corrected chi connectivity index (χ1v) is 11.2. The number of nitrogens with one attached hydrogen (secondary N) is 1. The summed E-state index contributed by atoms with van der Waals surface area (Å²) in [7, 11) is 3.22. The van der Waals surface area contributed by atoms with Crippen LogP contribution in [0.15, 0.2) is 42.5 Å². The van der Waals surface area contributed by atoms with Crippen molar-refractivity contribution in [1.82, 2.24) is 5.32 Å². The van der Waals surface area contributed by atoms with Gasteiger partial charge in [0.1, 0.15) is 11.5 Å². The first-order valence-electron chi connectivity index (χ1n) is 10.1. The summed E-state index contributed by atoms with van der Waals surface area (Å²) >= 11 is 1.55. The van der Waals surface area contributed by atoms with Crippen molar-refractivity contribution in [3.8, 4) is 23.0 Å². The molecule has 1 N–H and O–H groups in total. The van der Waals surface area contributed by atoms with Crippen LogP contribution in [-0.4, -0.2) is 51.4 Å². The van der Waals surface area contributed by atoms with E-state index in [4.69, 9.17) is 18.9 Å². The average molecular weight is 434 g/mol. The SMILES string of the molecule is CCCOc1ccc(OCCSCC(=O)NCCc2ccc(OC)c(OC)c2)cc1. The topological polar surface area (TPSA) is 66.0 Å². The Labute approximate surface area is 183 Å². The lowest BCUT2D eigenvalue weighted by Crippen LogP contribution is -2.27. The molecule has 1 amide bonds. The summed E-state index contributed by atoms with van der Waals surface area (Å²) in [5, 5.41) is 2.94. The van der Waals surface area contributed by atoms with Gasteiger partial charge in [-0.1, -0.05) is 13.0 Å². The van der Waals surface area contributed by atoms with Crippen LogP contribution in [0, 0.1) is 0 Å². The van der Waals surface area contributed by atoms with Crippen LogP contribution >= 0.6 is 11.8 Å². The van der Waals surface area contributed by atoms with Gasteiger partial charge in [0, 0.05) is 12.3 Å². The van der Waals surface area contributed by atoms with Crippen molar-refractivity contribution in [3.05, 3.63) is 48.0 Å². The molecule has 2 rings (SSSR count). The van der Waals surface area contributed by atoms with Gasteiger partial charge >= 0.3 is 0 Å². The number of carbonyl (C=O) groups excluding carboxylic acids is 1. The van der Waals surface area contributed by atoms with Crippen molar-refractivity contribution in [2.24, 2.45) is 0 Å². The lowest BCUT2D eigenvalue weighted by Gasteiger charge is -2.10. The summed E-state index contributed by atoms with van der Waals surface area (Å²) in [6, 6.07) is 13.4. The molecule has 0 spiro atoms. The Bertz CT molecular complexity index is 767. The van der Waals surface area contributed by atoms with Crippen LogP contribution in [-0.2, 0) is 11.2 Å². The normalized spacial score (nSPS) is 10.4. The maximum Gasteiger partial charge on any atom is 0.230 e. The fourth-order valence-corrected chi connectivity index (χ4v) is 3.30. The lowest BCUT2D eigenvalue weighted by atomic mass is 10.1. The van der Waals surface area contributed by atoms with Crippen LogP contribution in [0.4, 0.5) is 0 Å². The van der Waals surface area contributed by atoms with Gasteiger partial charge in [-0.25, -0.2) is 0 Å². The van der Waals surface area contributed by atoms with E-state index in [2.05, 4.69) is 12.2 Å². The Balaban J connectivity index is 1.57. The molecule has 0 saturated heterocycles. The third kappa shape index (κ3) is 8.45. The van der Waals surface area contributed by atoms with Crippen molar-refractivity contribution < 1.29 is 23.7 Å². The van der Waals surface area contributed by atoms with Gasteiger partial charge in [0.05, 0.1) is 33.2 Å². The number of rotatable bonds is 14. The zero-order valence-electron chi connectivity index (χ0n) is 17.9. The summed E-state index contributed by atoms with van der Waals surface area (Å²) in [6.45, 7) is 3.93. The third-order valence-electron chi connectivity index (χ3n) is 4.21. The third-order valence-corrected chi connectivity index (χ3v) is 5.13. The number of hydrogen-bond acceptors (Lipinski definition) is 6. The molecule has 0 aliphatic rings. The van der Waals surface area contributed by atoms with Crippen LogP contribution in [0.2, 0.25) is 0 Å². The average Bonchev–Trinajstić information content (AvgIpc) is 2.78. The molecular weight excluding hydrogens is 402 g/mol. The van der Waals surface area contributed by atoms with Crippen LogP contribution in [0.25, 0.3) is 0 Å². The minimum Gasteiger partial charge on any atom is -0.494 e. The van der Waals surface area contributed by atoms with Gasteiger partial charge in [0.25, 0.3) is 0 Å². The fourth-order valence-electron chi connectivity index (χ4n) is 2.67. The molecule has 164 valence electrons. The van der Waals surface area contributed by atoms with Gasteiger partial charge in [-0.2, -0.15) is 0 Å². The molecular formula is C23H31NO5S. The first-order chi connectivity index (χ1) is 14.7. The first kappa shape index (κ1) is 23.7. The zero-order valence-corrected chi connectivity index (χ0v) is 18.8. The molecule has 0 aliphatic carbocycles. The predicted molar refractivity (Wildman–Crippen MR) is 121 cm³/mol. The second-order valence-corrected chi connectivity index (χ2v) is 7.62. The number of hydrogen-bond donors (Lipinski definition) is 1. The molecule has 30 heavy (non-hydrogen) atoms. The van der Waals surface area contributed by atoms with Crippen LogP contribution in [0.1, 0.15) is 18.9 Å². The highest BCUT2D eigenvalue weighted by atomic mass is 32.2. The molecule has 0 bridgehead atoms. The lowest BCUT2D eigenvalue weighted by molar-refractivity contribution is -0.118. The Morgan fingerprint density at radius 1 is 0.933 bits per heavy atom. The predicted octanol–water partition coefficient (Wildman–Crippen LogP) is 3.96.